The van der Waals surface area contributed by atoms with Gasteiger partial charge >= 0.3 is 6.09 Å². The molecule has 3 amide bonds. The summed E-state index contributed by atoms with van der Waals surface area (Å²) >= 11 is 0. The summed E-state index contributed by atoms with van der Waals surface area (Å²) in [5.41, 5.74) is 2.37. The first-order chi connectivity index (χ1) is 17.8. The molecule has 0 bridgehead atoms. The van der Waals surface area contributed by atoms with E-state index in [1.165, 1.54) is 0 Å². The molecule has 7 nitrogen and oxygen atoms in total. The Bertz CT molecular complexity index is 1240. The second kappa shape index (κ2) is 12.8. The Hall–Kier alpha value is -4.23. The molecule has 3 unspecified atom stereocenters. The molecule has 2 N–H and O–H groups in total. The van der Waals surface area contributed by atoms with Crippen molar-refractivity contribution in [2.24, 2.45) is 5.92 Å². The van der Waals surface area contributed by atoms with Gasteiger partial charge in [-0.3, -0.25) is 14.5 Å². The van der Waals surface area contributed by atoms with Crippen LogP contribution in [-0.2, 0) is 14.3 Å². The highest BCUT2D eigenvalue weighted by atomic mass is 16.6. The van der Waals surface area contributed by atoms with Gasteiger partial charge in [0, 0.05) is 22.9 Å². The van der Waals surface area contributed by atoms with E-state index in [-0.39, 0.29) is 5.92 Å². The number of benzene rings is 2. The minimum absolute atomic E-state index is 0.309. The van der Waals surface area contributed by atoms with E-state index in [2.05, 4.69) is 22.6 Å². The van der Waals surface area contributed by atoms with Crippen molar-refractivity contribution < 1.29 is 19.1 Å². The number of nitrogens with zero attached hydrogens (tertiary/aromatic N) is 1. The molecule has 7 heteroatoms. The first-order valence-corrected chi connectivity index (χ1v) is 12.6. The highest BCUT2D eigenvalue weighted by Gasteiger charge is 2.38. The fourth-order valence-corrected chi connectivity index (χ4v) is 4.00. The summed E-state index contributed by atoms with van der Waals surface area (Å²) in [6, 6.07) is 12.5. The maximum Gasteiger partial charge on any atom is 0.408 e. The van der Waals surface area contributed by atoms with Gasteiger partial charge in [-0.15, -0.1) is 6.42 Å². The topological polar surface area (TPSA) is 87.7 Å². The van der Waals surface area contributed by atoms with Gasteiger partial charge in [0.05, 0.1) is 0 Å². The van der Waals surface area contributed by atoms with Crippen molar-refractivity contribution in [1.29, 1.82) is 0 Å². The number of terminal acetylenes is 2. The van der Waals surface area contributed by atoms with E-state index in [0.717, 1.165) is 16.0 Å². The molecule has 0 aromatic heterocycles. The molecule has 2 aromatic carbocycles. The van der Waals surface area contributed by atoms with Gasteiger partial charge in [-0.2, -0.15) is 0 Å². The van der Waals surface area contributed by atoms with E-state index in [4.69, 9.17) is 17.6 Å². The fraction of sp³-hybridized carbons (Fsp3) is 0.387. The van der Waals surface area contributed by atoms with E-state index >= 15 is 0 Å². The summed E-state index contributed by atoms with van der Waals surface area (Å²) in [4.78, 5) is 41.5. The third-order valence-corrected chi connectivity index (χ3v) is 6.17. The number of aryl methyl sites for hydroxylation is 2. The number of nitrogens with one attached hydrogen (secondary N) is 2. The minimum atomic E-state index is -1.26. The van der Waals surface area contributed by atoms with Crippen LogP contribution in [0.2, 0.25) is 0 Å². The molecule has 200 valence electrons. The van der Waals surface area contributed by atoms with Crippen LogP contribution in [0.25, 0.3) is 0 Å². The van der Waals surface area contributed by atoms with Crippen molar-refractivity contribution in [3.8, 4) is 24.8 Å². The maximum absolute atomic E-state index is 14.0. The van der Waals surface area contributed by atoms with Gasteiger partial charge in [0.15, 0.2) is 6.04 Å². The number of carbonyl (C=O) groups excluding carboxylic acids is 3. The Balaban J connectivity index is 2.59. The van der Waals surface area contributed by atoms with E-state index in [9.17, 15) is 14.4 Å². The summed E-state index contributed by atoms with van der Waals surface area (Å²) in [5, 5.41) is 5.60. The molecule has 0 radical (unpaired) electrons. The number of rotatable bonds is 8. The molecule has 0 aliphatic carbocycles. The van der Waals surface area contributed by atoms with Crippen LogP contribution in [0.1, 0.15) is 69.3 Å². The normalized spacial score (nSPS) is 13.2. The number of anilines is 1. The number of alkyl carbamates (subject to hydrolysis) is 1. The summed E-state index contributed by atoms with van der Waals surface area (Å²) in [5.74, 6) is 1.12. The fourth-order valence-electron chi connectivity index (χ4n) is 4.00. The van der Waals surface area contributed by atoms with E-state index in [0.29, 0.717) is 23.2 Å². The smallest absolute Gasteiger partial charge is 0.408 e. The largest absolute Gasteiger partial charge is 0.444 e. The van der Waals surface area contributed by atoms with Crippen molar-refractivity contribution in [3.63, 3.8) is 0 Å². The number of carbonyl (C=O) groups is 3. The Kier molecular flexibility index (Phi) is 10.1. The van der Waals surface area contributed by atoms with E-state index in [1.807, 2.05) is 45.9 Å². The number of para-hydroxylation sites is 1. The molecular weight excluding hydrogens is 478 g/mol. The van der Waals surface area contributed by atoms with Gasteiger partial charge in [-0.25, -0.2) is 4.79 Å². The van der Waals surface area contributed by atoms with Crippen molar-refractivity contribution in [2.45, 2.75) is 72.6 Å². The van der Waals surface area contributed by atoms with Crippen LogP contribution in [-0.4, -0.2) is 34.5 Å². The lowest BCUT2D eigenvalue weighted by atomic mass is 9.94. The lowest BCUT2D eigenvalue weighted by Crippen LogP contribution is -2.53. The molecule has 0 heterocycles. The maximum atomic E-state index is 14.0. The van der Waals surface area contributed by atoms with E-state index in [1.54, 1.807) is 45.0 Å². The van der Waals surface area contributed by atoms with Gasteiger partial charge < -0.3 is 15.4 Å². The van der Waals surface area contributed by atoms with Crippen LogP contribution < -0.4 is 10.6 Å². The van der Waals surface area contributed by atoms with Crippen LogP contribution >= 0.6 is 0 Å². The zero-order chi connectivity index (χ0) is 28.6. The zero-order valence-electron chi connectivity index (χ0n) is 23.2. The average Bonchev–Trinajstić information content (AvgIpc) is 2.86. The minimum Gasteiger partial charge on any atom is -0.444 e. The van der Waals surface area contributed by atoms with Crippen LogP contribution in [0.4, 0.5) is 10.5 Å². The predicted molar refractivity (Wildman–Crippen MR) is 150 cm³/mol. The summed E-state index contributed by atoms with van der Waals surface area (Å²) in [6.45, 7) is 12.6. The zero-order valence-corrected chi connectivity index (χ0v) is 23.2. The molecule has 0 aliphatic heterocycles. The highest BCUT2D eigenvalue weighted by Crippen LogP contribution is 2.29. The Morgan fingerprint density at radius 1 is 1.03 bits per heavy atom. The number of ether oxygens (including phenoxy) is 1. The van der Waals surface area contributed by atoms with Gasteiger partial charge in [-0.05, 0) is 57.7 Å². The summed E-state index contributed by atoms with van der Waals surface area (Å²) in [6.07, 6.45) is 11.4. The van der Waals surface area contributed by atoms with Crippen LogP contribution in [0, 0.1) is 44.6 Å². The van der Waals surface area contributed by atoms with Gasteiger partial charge in [-0.1, -0.05) is 69.0 Å². The first-order valence-electron chi connectivity index (χ1n) is 12.6. The highest BCUT2D eigenvalue weighted by molar-refractivity contribution is 6.00. The SMILES string of the molecule is C#Cc1ccccc1C(C(=O)Nc1c(C)cccc1C)N(C#C)C(=O)C(NC(=O)OC(C)(C)C)C(C)CC. The molecule has 0 aliphatic rings. The van der Waals surface area contributed by atoms with Gasteiger partial charge in [0.25, 0.3) is 11.8 Å². The van der Waals surface area contributed by atoms with Gasteiger partial charge in [0.2, 0.25) is 0 Å². The van der Waals surface area contributed by atoms with Crippen LogP contribution in [0.3, 0.4) is 0 Å². The lowest BCUT2D eigenvalue weighted by molar-refractivity contribution is -0.137. The van der Waals surface area contributed by atoms with Crippen LogP contribution in [0.5, 0.6) is 0 Å². The van der Waals surface area contributed by atoms with Crippen molar-refractivity contribution >= 4 is 23.6 Å². The monoisotopic (exact) mass is 515 g/mol. The van der Waals surface area contributed by atoms with Crippen LogP contribution in [0.15, 0.2) is 42.5 Å². The number of hydrogen-bond donors (Lipinski definition) is 2. The average molecular weight is 516 g/mol. The second-order valence-corrected chi connectivity index (χ2v) is 10.2. The molecule has 0 fully saturated rings. The summed E-state index contributed by atoms with van der Waals surface area (Å²) in [7, 11) is 0. The van der Waals surface area contributed by atoms with E-state index < -0.39 is 35.6 Å². The first kappa shape index (κ1) is 30.0. The third kappa shape index (κ3) is 7.40. The van der Waals surface area contributed by atoms with Gasteiger partial charge in [0.1, 0.15) is 11.6 Å². The molecule has 0 spiro atoms. The van der Waals surface area contributed by atoms with Crippen molar-refractivity contribution in [1.82, 2.24) is 10.2 Å². The third-order valence-electron chi connectivity index (χ3n) is 6.17. The van der Waals surface area contributed by atoms with Crippen molar-refractivity contribution in [2.75, 3.05) is 5.32 Å². The van der Waals surface area contributed by atoms with Crippen molar-refractivity contribution in [3.05, 3.63) is 64.7 Å². The summed E-state index contributed by atoms with van der Waals surface area (Å²) < 4.78 is 5.38. The lowest BCUT2D eigenvalue weighted by Gasteiger charge is -2.33. The Labute approximate surface area is 226 Å². The molecule has 0 saturated carbocycles. The predicted octanol–water partition coefficient (Wildman–Crippen LogP) is 5.32. The molecule has 2 rings (SSSR count). The molecule has 38 heavy (non-hydrogen) atoms. The second-order valence-electron chi connectivity index (χ2n) is 10.2. The molecule has 2 aromatic rings. The molecular formula is C31H37N3O4. The standard InChI is InChI=1S/C31H37N3O4/c1-10-20(4)26(33-30(37)38-31(7,8)9)29(36)34(12-3)27(24-19-14-13-18-23(24)11-2)28(35)32-25-21(5)16-15-17-22(25)6/h2-3,13-20,26-27H,10H2,1,4-9H3,(H,32,35)(H,33,37). The Morgan fingerprint density at radius 2 is 1.63 bits per heavy atom. The number of hydrogen-bond acceptors (Lipinski definition) is 4. The Morgan fingerprint density at radius 3 is 2.16 bits per heavy atom. The quantitative estimate of drug-likeness (QED) is 0.368. The molecule has 3 atom stereocenters. The molecule has 0 saturated heterocycles. The number of amides is 3.